The molecule has 0 amide bonds. The SMILES string of the molecule is COC(=O)[C@H]1[C@@H](c2ccc(Cl)cc2)C[C@@H]2CC[C@H]1N2C[C@@H]1C[C@H]1CF.Cl. The highest BCUT2D eigenvalue weighted by atomic mass is 35.5. The number of hydrogen-bond acceptors (Lipinski definition) is 3. The lowest BCUT2D eigenvalue weighted by Gasteiger charge is -2.44. The zero-order valence-electron chi connectivity index (χ0n) is 14.9. The number of nitrogens with zero attached hydrogens (tertiary/aromatic N) is 1. The van der Waals surface area contributed by atoms with Gasteiger partial charge in [0.05, 0.1) is 19.7 Å². The minimum Gasteiger partial charge on any atom is -0.469 e. The summed E-state index contributed by atoms with van der Waals surface area (Å²) in [4.78, 5) is 15.1. The van der Waals surface area contributed by atoms with Gasteiger partial charge in [-0.1, -0.05) is 23.7 Å². The Bertz CT molecular complexity index is 641. The third-order valence-electron chi connectivity index (χ3n) is 6.55. The van der Waals surface area contributed by atoms with Crippen LogP contribution in [0, 0.1) is 17.8 Å². The predicted molar refractivity (Wildman–Crippen MR) is 103 cm³/mol. The van der Waals surface area contributed by atoms with Gasteiger partial charge in [0.2, 0.25) is 0 Å². The Hall–Kier alpha value is -0.840. The third kappa shape index (κ3) is 3.61. The van der Waals surface area contributed by atoms with Crippen molar-refractivity contribution < 1.29 is 13.9 Å². The average molecular weight is 402 g/mol. The van der Waals surface area contributed by atoms with Gasteiger partial charge in [0.1, 0.15) is 0 Å². The zero-order valence-corrected chi connectivity index (χ0v) is 16.5. The summed E-state index contributed by atoms with van der Waals surface area (Å²) in [5.74, 6) is 0.624. The van der Waals surface area contributed by atoms with E-state index in [-0.39, 0.29) is 48.8 Å². The lowest BCUT2D eigenvalue weighted by atomic mass is 9.76. The van der Waals surface area contributed by atoms with Crippen molar-refractivity contribution in [3.8, 4) is 0 Å². The molecule has 1 saturated carbocycles. The van der Waals surface area contributed by atoms with Gasteiger partial charge in [-0.2, -0.15) is 0 Å². The fraction of sp³-hybridized carbons (Fsp3) is 0.650. The highest BCUT2D eigenvalue weighted by Crippen LogP contribution is 2.50. The maximum Gasteiger partial charge on any atom is 0.310 e. The molecular weight excluding hydrogens is 376 g/mol. The van der Waals surface area contributed by atoms with Crippen LogP contribution >= 0.6 is 24.0 Å². The molecular formula is C20H26Cl2FNO2. The molecule has 4 rings (SSSR count). The summed E-state index contributed by atoms with van der Waals surface area (Å²) in [7, 11) is 1.48. The van der Waals surface area contributed by atoms with E-state index in [1.807, 2.05) is 24.3 Å². The Morgan fingerprint density at radius 2 is 1.96 bits per heavy atom. The van der Waals surface area contributed by atoms with E-state index in [0.717, 1.165) is 32.2 Å². The Morgan fingerprint density at radius 3 is 2.58 bits per heavy atom. The Labute approximate surface area is 165 Å². The van der Waals surface area contributed by atoms with Crippen molar-refractivity contribution in [3.63, 3.8) is 0 Å². The van der Waals surface area contributed by atoms with Crippen LogP contribution in [0.25, 0.3) is 0 Å². The van der Waals surface area contributed by atoms with Crippen LogP contribution in [-0.2, 0) is 9.53 Å². The second-order valence-electron chi connectivity index (χ2n) is 7.85. The van der Waals surface area contributed by atoms with Crippen LogP contribution in [0.4, 0.5) is 4.39 Å². The molecule has 0 unspecified atom stereocenters. The van der Waals surface area contributed by atoms with E-state index in [1.54, 1.807) is 0 Å². The van der Waals surface area contributed by atoms with Gasteiger partial charge in [-0.3, -0.25) is 14.1 Å². The van der Waals surface area contributed by atoms with Gasteiger partial charge in [-0.05, 0) is 55.2 Å². The molecule has 0 spiro atoms. The summed E-state index contributed by atoms with van der Waals surface area (Å²) in [6.45, 7) is 0.729. The van der Waals surface area contributed by atoms with Crippen LogP contribution in [0.5, 0.6) is 0 Å². The van der Waals surface area contributed by atoms with E-state index in [9.17, 15) is 9.18 Å². The molecule has 3 fully saturated rings. The minimum absolute atomic E-state index is 0. The van der Waals surface area contributed by atoms with Gasteiger partial charge in [0, 0.05) is 29.6 Å². The number of benzene rings is 1. The van der Waals surface area contributed by atoms with Gasteiger partial charge >= 0.3 is 5.97 Å². The number of hydrogen-bond donors (Lipinski definition) is 0. The molecule has 1 aromatic rings. The van der Waals surface area contributed by atoms with Crippen molar-refractivity contribution in [3.05, 3.63) is 34.9 Å². The number of piperidine rings is 1. The van der Waals surface area contributed by atoms with E-state index < -0.39 is 0 Å². The average Bonchev–Trinajstić information content (AvgIpc) is 3.32. The quantitative estimate of drug-likeness (QED) is 0.681. The van der Waals surface area contributed by atoms with E-state index in [1.165, 1.54) is 12.7 Å². The number of halogens is 3. The van der Waals surface area contributed by atoms with E-state index in [4.69, 9.17) is 16.3 Å². The second-order valence-corrected chi connectivity index (χ2v) is 8.28. The fourth-order valence-corrected chi connectivity index (χ4v) is 5.23. The molecule has 2 aliphatic heterocycles. The molecule has 6 atom stereocenters. The normalized spacial score (nSPS) is 35.7. The molecule has 26 heavy (non-hydrogen) atoms. The first kappa shape index (κ1) is 19.9. The van der Waals surface area contributed by atoms with E-state index in [0.29, 0.717) is 17.0 Å². The van der Waals surface area contributed by atoms with Crippen LogP contribution < -0.4 is 0 Å². The maximum absolute atomic E-state index is 12.9. The summed E-state index contributed by atoms with van der Waals surface area (Å²) >= 11 is 6.03. The number of esters is 1. The lowest BCUT2D eigenvalue weighted by molar-refractivity contribution is -0.150. The molecule has 144 valence electrons. The fourth-order valence-electron chi connectivity index (χ4n) is 5.10. The lowest BCUT2D eigenvalue weighted by Crippen LogP contribution is -2.51. The Balaban J connectivity index is 0.00000196. The van der Waals surface area contributed by atoms with Crippen molar-refractivity contribution in [2.45, 2.75) is 43.7 Å². The largest absolute Gasteiger partial charge is 0.469 e. The van der Waals surface area contributed by atoms with E-state index in [2.05, 4.69) is 4.90 Å². The highest BCUT2D eigenvalue weighted by molar-refractivity contribution is 6.30. The van der Waals surface area contributed by atoms with Gasteiger partial charge in [0.15, 0.2) is 0 Å². The van der Waals surface area contributed by atoms with Crippen molar-refractivity contribution in [1.29, 1.82) is 0 Å². The number of methoxy groups -OCH3 is 1. The number of alkyl halides is 1. The molecule has 0 N–H and O–H groups in total. The molecule has 1 aromatic carbocycles. The first-order valence-electron chi connectivity index (χ1n) is 9.27. The summed E-state index contributed by atoms with van der Waals surface area (Å²) in [6.07, 6.45) is 4.11. The smallest absolute Gasteiger partial charge is 0.310 e. The molecule has 0 radical (unpaired) electrons. The maximum atomic E-state index is 12.9. The first-order valence-corrected chi connectivity index (χ1v) is 9.65. The molecule has 2 heterocycles. The molecule has 0 aromatic heterocycles. The summed E-state index contributed by atoms with van der Waals surface area (Å²) in [6, 6.07) is 8.58. The monoisotopic (exact) mass is 401 g/mol. The zero-order chi connectivity index (χ0) is 17.6. The van der Waals surface area contributed by atoms with Gasteiger partial charge in [-0.15, -0.1) is 12.4 Å². The number of fused-ring (bicyclic) bond motifs is 2. The van der Waals surface area contributed by atoms with Gasteiger partial charge in [0.25, 0.3) is 0 Å². The highest BCUT2D eigenvalue weighted by Gasteiger charge is 2.52. The molecule has 1 aliphatic carbocycles. The Kier molecular flexibility index (Phi) is 6.15. The number of ether oxygens (including phenoxy) is 1. The van der Waals surface area contributed by atoms with Crippen molar-refractivity contribution >= 4 is 30.0 Å². The Morgan fingerprint density at radius 1 is 1.23 bits per heavy atom. The molecule has 2 bridgehead atoms. The van der Waals surface area contributed by atoms with E-state index >= 15 is 0 Å². The van der Waals surface area contributed by atoms with Crippen LogP contribution in [0.3, 0.4) is 0 Å². The number of carbonyl (C=O) groups is 1. The predicted octanol–water partition coefficient (Wildman–Crippen LogP) is 4.48. The van der Waals surface area contributed by atoms with Crippen LogP contribution in [0.2, 0.25) is 5.02 Å². The molecule has 3 aliphatic rings. The molecule has 2 saturated heterocycles. The van der Waals surface area contributed by atoms with Crippen molar-refractivity contribution in [2.24, 2.45) is 17.8 Å². The first-order chi connectivity index (χ1) is 12.1. The number of carbonyl (C=O) groups excluding carboxylic acids is 1. The number of rotatable bonds is 5. The van der Waals surface area contributed by atoms with Crippen molar-refractivity contribution in [2.75, 3.05) is 20.3 Å². The minimum atomic E-state index is -0.207. The van der Waals surface area contributed by atoms with Crippen molar-refractivity contribution in [1.82, 2.24) is 4.90 Å². The summed E-state index contributed by atoms with van der Waals surface area (Å²) < 4.78 is 18.0. The summed E-state index contributed by atoms with van der Waals surface area (Å²) in [5, 5.41) is 0.713. The summed E-state index contributed by atoms with van der Waals surface area (Å²) in [5.41, 5.74) is 1.17. The van der Waals surface area contributed by atoms with Gasteiger partial charge < -0.3 is 4.74 Å². The third-order valence-corrected chi connectivity index (χ3v) is 6.80. The van der Waals surface area contributed by atoms with Crippen LogP contribution in [0.15, 0.2) is 24.3 Å². The molecule has 3 nitrogen and oxygen atoms in total. The van der Waals surface area contributed by atoms with Crippen LogP contribution in [-0.4, -0.2) is 43.3 Å². The standard InChI is InChI=1S/C20H25ClFNO2.ClH/c1-25-20(24)19-17(12-2-4-15(21)5-3-12)9-16-6-7-18(19)23(16)11-14-8-13(14)10-22;/h2-5,13-14,16-19H,6-11H2,1H3;1H/t13-,14-,16-,17+,18+,19-;/m0./s1. The second kappa shape index (κ2) is 8.04. The van der Waals surface area contributed by atoms with Crippen LogP contribution in [0.1, 0.15) is 37.2 Å². The molecule has 6 heteroatoms. The van der Waals surface area contributed by atoms with Gasteiger partial charge in [-0.25, -0.2) is 0 Å². The topological polar surface area (TPSA) is 29.5 Å².